The second kappa shape index (κ2) is 11.7. The molecule has 0 radical (unpaired) electrons. The summed E-state index contributed by atoms with van der Waals surface area (Å²) in [4.78, 5) is 39.3. The van der Waals surface area contributed by atoms with Gasteiger partial charge in [-0.15, -0.1) is 0 Å². The Hall–Kier alpha value is 2.65. The quantitative estimate of drug-likeness (QED) is 0.373. The van der Waals surface area contributed by atoms with Gasteiger partial charge in [0.25, 0.3) is 0 Å². The zero-order valence-electron chi connectivity index (χ0n) is 9.08. The first-order valence-corrected chi connectivity index (χ1v) is 5.68. The summed E-state index contributed by atoms with van der Waals surface area (Å²) in [6.45, 7) is 0. The molecule has 0 saturated heterocycles. The van der Waals surface area contributed by atoms with E-state index in [1.165, 1.54) is 0 Å². The van der Waals surface area contributed by atoms with Crippen molar-refractivity contribution < 1.29 is 109 Å². The van der Waals surface area contributed by atoms with Gasteiger partial charge in [-0.05, 0) is 7.60 Å². The Morgan fingerprint density at radius 2 is 1.20 bits per heavy atom. The van der Waals surface area contributed by atoms with Gasteiger partial charge >= 0.3 is 75.4 Å². The molecule has 0 bridgehead atoms. The van der Waals surface area contributed by atoms with Gasteiger partial charge in [-0.1, -0.05) is 7.60 Å². The molecule has 7 nitrogen and oxygen atoms in total. The summed E-state index contributed by atoms with van der Waals surface area (Å²) in [5.74, 6) is -2.64. The van der Waals surface area contributed by atoms with Crippen molar-refractivity contribution in [2.45, 2.75) is 5.85 Å². The molecule has 0 aromatic heterocycles. The first-order chi connectivity index (χ1) is 4.63. The van der Waals surface area contributed by atoms with Gasteiger partial charge in [0.2, 0.25) is 0 Å². The van der Waals surface area contributed by atoms with Crippen LogP contribution >= 0.6 is 15.2 Å². The van der Waals surface area contributed by atoms with Crippen LogP contribution in [0.5, 0.6) is 0 Å². The van der Waals surface area contributed by atoms with Gasteiger partial charge in [0.1, 0.15) is 0 Å². The Morgan fingerprint density at radius 3 is 1.27 bits per heavy atom. The molecule has 0 aliphatic heterocycles. The maximum absolute atomic E-state index is 9.83. The van der Waals surface area contributed by atoms with Crippen molar-refractivity contribution in [3.8, 4) is 0 Å². The molecule has 0 aliphatic carbocycles. The molecule has 1 atom stereocenters. The van der Waals surface area contributed by atoms with E-state index in [0.717, 1.165) is 0 Å². The van der Waals surface area contributed by atoms with Gasteiger partial charge in [0, 0.05) is 6.16 Å². The zero-order valence-corrected chi connectivity index (χ0v) is 10.9. The number of aliphatic hydroxyl groups is 1. The SMILES string of the molecule is O=P([O-])([O-])CC(O)P(=O)([O-])[O-].[Li+].[Li+].[Li+].[Li+]. The topological polar surface area (TPSA) is 147 Å². The van der Waals surface area contributed by atoms with Crippen LogP contribution in [0, 0.1) is 0 Å². The smallest absolute Gasteiger partial charge is 0.811 e. The van der Waals surface area contributed by atoms with Gasteiger partial charge in [-0.25, -0.2) is 0 Å². The largest absolute Gasteiger partial charge is 1.00 e. The Kier molecular flexibility index (Phi) is 23.9. The molecular formula is C2H4Li4O7P2. The van der Waals surface area contributed by atoms with Crippen molar-refractivity contribution in [2.75, 3.05) is 6.16 Å². The molecule has 68 valence electrons. The third kappa shape index (κ3) is 19.2. The molecule has 0 rings (SSSR count). The van der Waals surface area contributed by atoms with Gasteiger partial charge in [-0.3, -0.25) is 0 Å². The Morgan fingerprint density at radius 1 is 0.933 bits per heavy atom. The summed E-state index contributed by atoms with van der Waals surface area (Å²) < 4.78 is 19.6. The van der Waals surface area contributed by atoms with E-state index in [1.54, 1.807) is 0 Å². The monoisotopic (exact) mass is 230 g/mol. The summed E-state index contributed by atoms with van der Waals surface area (Å²) >= 11 is 0. The van der Waals surface area contributed by atoms with E-state index >= 15 is 0 Å². The number of hydrogen-bond donors (Lipinski definition) is 1. The predicted octanol–water partition coefficient (Wildman–Crippen LogP) is -15.9. The second-order valence-corrected chi connectivity index (χ2v) is 5.08. The molecule has 0 amide bonds. The summed E-state index contributed by atoms with van der Waals surface area (Å²) in [5, 5.41) is 8.26. The molecule has 0 fully saturated rings. The number of aliphatic hydroxyl groups excluding tert-OH is 1. The molecular weight excluding hydrogens is 226 g/mol. The van der Waals surface area contributed by atoms with Crippen LogP contribution in [-0.2, 0) is 9.13 Å². The Balaban J connectivity index is -0.0000000833. The van der Waals surface area contributed by atoms with E-state index in [4.69, 9.17) is 5.11 Å². The third-order valence-corrected chi connectivity index (χ3v) is 2.75. The van der Waals surface area contributed by atoms with Crippen LogP contribution in [0.4, 0.5) is 0 Å². The fraction of sp³-hybridized carbons (Fsp3) is 1.00. The van der Waals surface area contributed by atoms with E-state index < -0.39 is 27.2 Å². The van der Waals surface area contributed by atoms with Crippen molar-refractivity contribution in [3.63, 3.8) is 0 Å². The van der Waals surface area contributed by atoms with Crippen LogP contribution in [0.2, 0.25) is 0 Å². The normalized spacial score (nSPS) is 12.1. The molecule has 15 heavy (non-hydrogen) atoms. The molecule has 0 saturated carbocycles. The maximum atomic E-state index is 9.83. The zero-order chi connectivity index (χ0) is 9.28. The van der Waals surface area contributed by atoms with Gasteiger partial charge in [-0.2, -0.15) is 0 Å². The predicted molar refractivity (Wildman–Crippen MR) is 26.1 cm³/mol. The maximum Gasteiger partial charge on any atom is 1.00 e. The van der Waals surface area contributed by atoms with E-state index in [-0.39, 0.29) is 75.4 Å². The molecule has 1 unspecified atom stereocenters. The van der Waals surface area contributed by atoms with Crippen LogP contribution in [-0.4, -0.2) is 17.1 Å². The fourth-order valence-electron chi connectivity index (χ4n) is 0.300. The van der Waals surface area contributed by atoms with Crippen molar-refractivity contribution in [3.05, 3.63) is 0 Å². The standard InChI is InChI=1S/C2H8O7P2.4Li/c3-2(11(7,8)9)1-10(4,5)6;;;;/h2-3H,1H2,(H2,4,5,6)(H2,7,8,9);;;;/q;4*+1/p-4. The molecule has 13 heteroatoms. The molecule has 0 aliphatic rings. The van der Waals surface area contributed by atoms with Crippen molar-refractivity contribution in [2.24, 2.45) is 0 Å². The number of rotatable bonds is 3. The summed E-state index contributed by atoms with van der Waals surface area (Å²) in [7, 11) is -10.5. The average molecular weight is 230 g/mol. The molecule has 1 N–H and O–H groups in total. The molecule has 0 heterocycles. The van der Waals surface area contributed by atoms with Crippen LogP contribution in [0.3, 0.4) is 0 Å². The minimum absolute atomic E-state index is 0. The minimum Gasteiger partial charge on any atom is -0.811 e. The minimum atomic E-state index is -5.37. The van der Waals surface area contributed by atoms with E-state index in [2.05, 4.69) is 0 Å². The fourth-order valence-corrected chi connectivity index (χ4v) is 2.10. The van der Waals surface area contributed by atoms with Crippen LogP contribution < -0.4 is 95.0 Å². The van der Waals surface area contributed by atoms with Crippen LogP contribution in [0.25, 0.3) is 0 Å². The van der Waals surface area contributed by atoms with E-state index in [0.29, 0.717) is 0 Å². The molecule has 0 spiro atoms. The molecule has 0 aromatic rings. The van der Waals surface area contributed by atoms with Crippen molar-refractivity contribution >= 4 is 15.2 Å². The van der Waals surface area contributed by atoms with Gasteiger partial charge in [0.05, 0.1) is 5.85 Å². The van der Waals surface area contributed by atoms with E-state index in [9.17, 15) is 28.7 Å². The van der Waals surface area contributed by atoms with Crippen LogP contribution in [0.15, 0.2) is 0 Å². The van der Waals surface area contributed by atoms with Gasteiger partial charge in [0.15, 0.2) is 0 Å². The Bertz CT molecular complexity index is 223. The second-order valence-electron chi connectivity index (χ2n) is 1.81. The molecule has 0 aromatic carbocycles. The summed E-state index contributed by atoms with van der Waals surface area (Å²) in [5.41, 5.74) is 0. The summed E-state index contributed by atoms with van der Waals surface area (Å²) in [6, 6.07) is 0. The number of hydrogen-bond acceptors (Lipinski definition) is 7. The van der Waals surface area contributed by atoms with Crippen molar-refractivity contribution in [1.82, 2.24) is 0 Å². The third-order valence-electron chi connectivity index (χ3n) is 0.752. The first-order valence-electron chi connectivity index (χ1n) is 2.34. The average Bonchev–Trinajstić information content (AvgIpc) is 1.56. The van der Waals surface area contributed by atoms with Crippen molar-refractivity contribution in [1.29, 1.82) is 0 Å². The van der Waals surface area contributed by atoms with E-state index in [1.807, 2.05) is 0 Å². The first kappa shape index (κ1) is 30.6. The van der Waals surface area contributed by atoms with Crippen LogP contribution in [0.1, 0.15) is 0 Å². The summed E-state index contributed by atoms with van der Waals surface area (Å²) in [6.07, 6.45) is -1.57. The van der Waals surface area contributed by atoms with Gasteiger partial charge < -0.3 is 33.8 Å². The Labute approximate surface area is 135 Å².